The van der Waals surface area contributed by atoms with Crippen molar-refractivity contribution in [1.82, 2.24) is 5.06 Å². The molecule has 0 radical (unpaired) electrons. The fourth-order valence-electron chi connectivity index (χ4n) is 2.51. The maximum absolute atomic E-state index is 12.5. The lowest BCUT2D eigenvalue weighted by atomic mass is 10.0. The number of hydrogen-bond donors (Lipinski definition) is 0. The quantitative estimate of drug-likeness (QED) is 0.569. The van der Waals surface area contributed by atoms with Crippen molar-refractivity contribution in [1.29, 1.82) is 0 Å². The molecular formula is C17H19N2O6+. The molecule has 0 saturated carbocycles. The Balaban J connectivity index is 2.69. The van der Waals surface area contributed by atoms with Gasteiger partial charge in [-0.3, -0.25) is 4.84 Å². The van der Waals surface area contributed by atoms with E-state index in [4.69, 9.17) is 14.3 Å². The molecule has 2 heterocycles. The fourth-order valence-corrected chi connectivity index (χ4v) is 2.51. The van der Waals surface area contributed by atoms with E-state index in [1.165, 1.54) is 44.6 Å². The van der Waals surface area contributed by atoms with Crippen LogP contribution in [0.25, 0.3) is 0 Å². The maximum Gasteiger partial charge on any atom is 0.338 e. The molecule has 0 saturated heterocycles. The van der Waals surface area contributed by atoms with Gasteiger partial charge in [0.2, 0.25) is 5.70 Å². The Bertz CT molecular complexity index is 798. The summed E-state index contributed by atoms with van der Waals surface area (Å²) in [6, 6.07) is 0. The van der Waals surface area contributed by atoms with Crippen molar-refractivity contribution in [2.24, 2.45) is 0 Å². The average molecular weight is 347 g/mol. The van der Waals surface area contributed by atoms with Crippen LogP contribution in [0.2, 0.25) is 0 Å². The predicted octanol–water partition coefficient (Wildman–Crippen LogP) is 1.87. The molecule has 0 aliphatic carbocycles. The topological polar surface area (TPSA) is 85.2 Å². The third-order valence-electron chi connectivity index (χ3n) is 3.68. The first-order chi connectivity index (χ1) is 11.8. The number of esters is 2. The Kier molecular flexibility index (Phi) is 5.33. The Morgan fingerprint density at radius 3 is 2.00 bits per heavy atom. The van der Waals surface area contributed by atoms with Crippen molar-refractivity contribution in [3.8, 4) is 0 Å². The average Bonchev–Trinajstić information content (AvgIpc) is 2.61. The van der Waals surface area contributed by atoms with Crippen LogP contribution in [0.5, 0.6) is 0 Å². The molecule has 8 nitrogen and oxygen atoms in total. The van der Waals surface area contributed by atoms with E-state index in [0.29, 0.717) is 21.9 Å². The molecule has 0 amide bonds. The number of hydroxylamine groups is 2. The standard InChI is InChI=1S/C17H19N2O6/c1-10-6-12(16(20)23-3)8-14(18(10)22)15-9-13(17(21)24-4)7-11(2)19(15)25-5/h6-9H,1-5H3/q+1. The summed E-state index contributed by atoms with van der Waals surface area (Å²) < 4.78 is 10.1. The first-order valence-electron chi connectivity index (χ1n) is 7.36. The maximum atomic E-state index is 12.5. The number of ether oxygens (including phenoxy) is 2. The second-order valence-corrected chi connectivity index (χ2v) is 5.30. The summed E-state index contributed by atoms with van der Waals surface area (Å²) in [5.74, 6) is -1.12. The largest absolute Gasteiger partial charge is 0.465 e. The molecule has 0 aromatic heterocycles. The summed E-state index contributed by atoms with van der Waals surface area (Å²) in [6.45, 7) is 3.28. The van der Waals surface area contributed by atoms with Gasteiger partial charge in [0.15, 0.2) is 0 Å². The van der Waals surface area contributed by atoms with Crippen LogP contribution in [0.1, 0.15) is 13.8 Å². The van der Waals surface area contributed by atoms with Crippen LogP contribution < -0.4 is 0 Å². The van der Waals surface area contributed by atoms with E-state index >= 15 is 0 Å². The van der Waals surface area contributed by atoms with Gasteiger partial charge in [0.1, 0.15) is 5.70 Å². The number of allylic oxidation sites excluding steroid dienone is 4. The third-order valence-corrected chi connectivity index (χ3v) is 3.68. The lowest BCUT2D eigenvalue weighted by Crippen LogP contribution is -2.27. The summed E-state index contributed by atoms with van der Waals surface area (Å²) in [6.07, 6.45) is 5.85. The van der Waals surface area contributed by atoms with E-state index in [-0.39, 0.29) is 16.8 Å². The van der Waals surface area contributed by atoms with Gasteiger partial charge in [-0.1, -0.05) is 0 Å². The van der Waals surface area contributed by atoms with Crippen LogP contribution in [-0.2, 0) is 23.9 Å². The number of rotatable bonds is 3. The Morgan fingerprint density at radius 2 is 1.48 bits per heavy atom. The molecule has 2 rings (SSSR count). The summed E-state index contributed by atoms with van der Waals surface area (Å²) in [4.78, 5) is 41.6. The highest BCUT2D eigenvalue weighted by molar-refractivity contribution is 5.93. The smallest absolute Gasteiger partial charge is 0.338 e. The van der Waals surface area contributed by atoms with Crippen LogP contribution in [-0.4, -0.2) is 43.1 Å². The van der Waals surface area contributed by atoms with E-state index in [1.54, 1.807) is 19.9 Å². The van der Waals surface area contributed by atoms with Gasteiger partial charge in [-0.2, -0.15) is 0 Å². The molecule has 25 heavy (non-hydrogen) atoms. The molecule has 0 atom stereocenters. The van der Waals surface area contributed by atoms with Crippen molar-refractivity contribution in [2.75, 3.05) is 21.3 Å². The summed E-state index contributed by atoms with van der Waals surface area (Å²) in [5, 5.41) is 1.39. The lowest BCUT2D eigenvalue weighted by Gasteiger charge is -2.26. The number of nitroso groups, excluding NO2 is 1. The normalized spacial score (nSPS) is 20.4. The fraction of sp³-hybridized carbons (Fsp3) is 0.294. The van der Waals surface area contributed by atoms with E-state index in [0.717, 1.165) is 0 Å². The van der Waals surface area contributed by atoms with Crippen molar-refractivity contribution >= 4 is 11.9 Å². The number of methoxy groups -OCH3 is 2. The second-order valence-electron chi connectivity index (χ2n) is 5.30. The Labute approximate surface area is 144 Å². The van der Waals surface area contributed by atoms with Crippen molar-refractivity contribution in [3.05, 3.63) is 63.1 Å². The van der Waals surface area contributed by atoms with Gasteiger partial charge in [0, 0.05) is 29.7 Å². The van der Waals surface area contributed by atoms with Gasteiger partial charge in [0.25, 0.3) is 5.70 Å². The van der Waals surface area contributed by atoms with Crippen molar-refractivity contribution in [2.45, 2.75) is 13.8 Å². The van der Waals surface area contributed by atoms with Gasteiger partial charge in [0.05, 0.1) is 37.2 Å². The van der Waals surface area contributed by atoms with E-state index in [2.05, 4.69) is 0 Å². The van der Waals surface area contributed by atoms with E-state index < -0.39 is 11.9 Å². The first kappa shape index (κ1) is 18.3. The van der Waals surface area contributed by atoms with Gasteiger partial charge >= 0.3 is 11.9 Å². The van der Waals surface area contributed by atoms with E-state index in [1.807, 2.05) is 0 Å². The Hall–Kier alpha value is -3.00. The van der Waals surface area contributed by atoms with Crippen LogP contribution in [0.3, 0.4) is 0 Å². The number of carbonyl (C=O) groups excluding carboxylic acids is 2. The number of hydrogen-bond acceptors (Lipinski definition) is 7. The third kappa shape index (κ3) is 3.43. The first-order valence-corrected chi connectivity index (χ1v) is 7.36. The van der Waals surface area contributed by atoms with Gasteiger partial charge in [-0.25, -0.2) is 14.7 Å². The highest BCUT2D eigenvalue weighted by Crippen LogP contribution is 2.30. The zero-order valence-corrected chi connectivity index (χ0v) is 14.7. The van der Waals surface area contributed by atoms with Gasteiger partial charge in [-0.15, -0.1) is 0 Å². The molecule has 0 N–H and O–H groups in total. The molecule has 0 fully saturated rings. The molecule has 2 aliphatic rings. The molecule has 0 unspecified atom stereocenters. The monoisotopic (exact) mass is 347 g/mol. The van der Waals surface area contributed by atoms with Gasteiger partial charge < -0.3 is 9.47 Å². The lowest BCUT2D eigenvalue weighted by molar-refractivity contribution is -0.443. The molecule has 8 heteroatoms. The minimum Gasteiger partial charge on any atom is -0.465 e. The zero-order valence-electron chi connectivity index (χ0n) is 14.7. The number of nitrogens with zero attached hydrogens (tertiary/aromatic N) is 2. The van der Waals surface area contributed by atoms with Crippen LogP contribution in [0, 0.1) is 4.91 Å². The van der Waals surface area contributed by atoms with Crippen molar-refractivity contribution in [3.63, 3.8) is 0 Å². The predicted molar refractivity (Wildman–Crippen MR) is 87.2 cm³/mol. The molecular weight excluding hydrogens is 328 g/mol. The minimum atomic E-state index is -0.574. The van der Waals surface area contributed by atoms with Crippen molar-refractivity contribution < 1.29 is 28.7 Å². The molecule has 0 spiro atoms. The SMILES string of the molecule is COC(=O)C1=CC(=C2C=C(C(=O)OC)C=C(C)[N+]2=O)N(OC)C(C)=C1. The summed E-state index contributed by atoms with van der Waals surface area (Å²) >= 11 is 0. The van der Waals surface area contributed by atoms with Crippen LogP contribution in [0.15, 0.2) is 58.2 Å². The Morgan fingerprint density at radius 1 is 0.920 bits per heavy atom. The molecule has 0 aromatic rings. The molecule has 0 aromatic carbocycles. The number of carbonyl (C=O) groups is 2. The molecule has 2 aliphatic heterocycles. The van der Waals surface area contributed by atoms with Crippen LogP contribution >= 0.6 is 0 Å². The van der Waals surface area contributed by atoms with E-state index in [9.17, 15) is 14.5 Å². The zero-order chi connectivity index (χ0) is 18.7. The highest BCUT2D eigenvalue weighted by Gasteiger charge is 2.34. The highest BCUT2D eigenvalue weighted by atomic mass is 16.7. The molecule has 0 bridgehead atoms. The minimum absolute atomic E-state index is 0.135. The second kappa shape index (κ2) is 7.27. The van der Waals surface area contributed by atoms with Crippen LogP contribution in [0.4, 0.5) is 0 Å². The molecule has 132 valence electrons. The summed E-state index contributed by atoms with van der Waals surface area (Å²) in [5.41, 5.74) is 1.77. The summed E-state index contributed by atoms with van der Waals surface area (Å²) in [7, 11) is 3.96. The van der Waals surface area contributed by atoms with Gasteiger partial charge in [-0.05, 0) is 19.1 Å².